The zero-order chi connectivity index (χ0) is 9.68. The van der Waals surface area contributed by atoms with Gasteiger partial charge in [-0.25, -0.2) is 4.39 Å². The zero-order valence-electron chi connectivity index (χ0n) is 7.76. The number of alkyl halides is 2. The molecule has 2 heteroatoms. The van der Waals surface area contributed by atoms with Crippen LogP contribution in [0.2, 0.25) is 0 Å². The Bertz CT molecular complexity index is 243. The van der Waals surface area contributed by atoms with Crippen molar-refractivity contribution in [1.29, 1.82) is 0 Å². The summed E-state index contributed by atoms with van der Waals surface area (Å²) in [6.45, 7) is 2.14. The summed E-state index contributed by atoms with van der Waals surface area (Å²) in [5, 5.41) is 0.375. The Labute approximate surface area is 87.3 Å². The average Bonchev–Trinajstić information content (AvgIpc) is 2.18. The summed E-state index contributed by atoms with van der Waals surface area (Å²) >= 11 is 3.13. The smallest absolute Gasteiger partial charge is 0.135 e. The number of halogens is 2. The van der Waals surface area contributed by atoms with Crippen LogP contribution in [0.25, 0.3) is 0 Å². The van der Waals surface area contributed by atoms with Crippen LogP contribution in [0.4, 0.5) is 4.39 Å². The molecule has 0 bridgehead atoms. The lowest BCUT2D eigenvalue weighted by Gasteiger charge is -2.05. The van der Waals surface area contributed by atoms with Crippen molar-refractivity contribution in [2.24, 2.45) is 0 Å². The fourth-order valence-electron chi connectivity index (χ4n) is 1.27. The van der Waals surface area contributed by atoms with Gasteiger partial charge < -0.3 is 0 Å². The van der Waals surface area contributed by atoms with Crippen molar-refractivity contribution < 1.29 is 4.39 Å². The minimum absolute atomic E-state index is 0.375. The molecule has 0 nitrogen and oxygen atoms in total. The number of hydrogen-bond acceptors (Lipinski definition) is 0. The molecule has 1 aromatic rings. The lowest BCUT2D eigenvalue weighted by molar-refractivity contribution is 0.382. The summed E-state index contributed by atoms with van der Waals surface area (Å²) in [4.78, 5) is 0. The van der Waals surface area contributed by atoms with Crippen molar-refractivity contribution in [3.63, 3.8) is 0 Å². The molecule has 0 aliphatic carbocycles. The molecule has 0 aromatic heterocycles. The monoisotopic (exact) mass is 244 g/mol. The van der Waals surface area contributed by atoms with Crippen molar-refractivity contribution in [3.05, 3.63) is 35.4 Å². The molecule has 1 rings (SSSR count). The summed E-state index contributed by atoms with van der Waals surface area (Å²) in [6, 6.07) is 7.76. The maximum absolute atomic E-state index is 13.1. The van der Waals surface area contributed by atoms with Gasteiger partial charge >= 0.3 is 0 Å². The first kappa shape index (κ1) is 10.7. The summed E-state index contributed by atoms with van der Waals surface area (Å²) in [6.07, 6.45) is 1.33. The summed E-state index contributed by atoms with van der Waals surface area (Å²) in [7, 11) is 0. The average molecular weight is 245 g/mol. The van der Waals surface area contributed by atoms with E-state index in [2.05, 4.69) is 22.9 Å². The van der Waals surface area contributed by atoms with Crippen molar-refractivity contribution in [2.75, 3.05) is 5.33 Å². The van der Waals surface area contributed by atoms with Crippen LogP contribution in [0.1, 0.15) is 30.6 Å². The van der Waals surface area contributed by atoms with Gasteiger partial charge in [-0.1, -0.05) is 53.5 Å². The molecular formula is C11H14BrF. The van der Waals surface area contributed by atoms with E-state index >= 15 is 0 Å². The third-order valence-corrected chi connectivity index (χ3v) is 2.58. The van der Waals surface area contributed by atoms with Crippen molar-refractivity contribution in [1.82, 2.24) is 0 Å². The quantitative estimate of drug-likeness (QED) is 0.702. The molecule has 13 heavy (non-hydrogen) atoms. The van der Waals surface area contributed by atoms with Crippen molar-refractivity contribution in [3.8, 4) is 0 Å². The van der Waals surface area contributed by atoms with Crippen molar-refractivity contribution >= 4 is 15.9 Å². The highest BCUT2D eigenvalue weighted by molar-refractivity contribution is 9.09. The van der Waals surface area contributed by atoms with Gasteiger partial charge in [-0.2, -0.15) is 0 Å². The van der Waals surface area contributed by atoms with Crippen LogP contribution >= 0.6 is 15.9 Å². The van der Waals surface area contributed by atoms with Gasteiger partial charge in [0.05, 0.1) is 0 Å². The lowest BCUT2D eigenvalue weighted by atomic mass is 10.1. The molecule has 0 aliphatic heterocycles. The van der Waals surface area contributed by atoms with Gasteiger partial charge in [0.25, 0.3) is 0 Å². The zero-order valence-corrected chi connectivity index (χ0v) is 9.35. The topological polar surface area (TPSA) is 0 Å². The molecule has 0 saturated carbocycles. The first-order valence-corrected chi connectivity index (χ1v) is 5.69. The molecule has 0 radical (unpaired) electrons. The normalized spacial score (nSPS) is 12.8. The second-order valence-corrected chi connectivity index (χ2v) is 3.76. The lowest BCUT2D eigenvalue weighted by Crippen LogP contribution is -1.92. The Morgan fingerprint density at radius 1 is 1.31 bits per heavy atom. The van der Waals surface area contributed by atoms with Crippen LogP contribution in [0.15, 0.2) is 24.3 Å². The van der Waals surface area contributed by atoms with Gasteiger partial charge in [0.15, 0.2) is 0 Å². The number of rotatable bonds is 4. The van der Waals surface area contributed by atoms with Crippen LogP contribution in [0.3, 0.4) is 0 Å². The molecule has 1 aromatic carbocycles. The number of hydrogen-bond donors (Lipinski definition) is 0. The SMILES string of the molecule is CCCc1ccc(C(F)CBr)cc1. The van der Waals surface area contributed by atoms with Crippen LogP contribution in [-0.4, -0.2) is 5.33 Å². The van der Waals surface area contributed by atoms with E-state index in [0.29, 0.717) is 5.33 Å². The molecular weight excluding hydrogens is 231 g/mol. The molecule has 0 fully saturated rings. The highest BCUT2D eigenvalue weighted by atomic mass is 79.9. The van der Waals surface area contributed by atoms with E-state index in [-0.39, 0.29) is 0 Å². The van der Waals surface area contributed by atoms with Crippen LogP contribution < -0.4 is 0 Å². The van der Waals surface area contributed by atoms with Gasteiger partial charge in [0.1, 0.15) is 6.17 Å². The molecule has 0 amide bonds. The van der Waals surface area contributed by atoms with Gasteiger partial charge in [-0.3, -0.25) is 0 Å². The van der Waals surface area contributed by atoms with Gasteiger partial charge in [0.2, 0.25) is 0 Å². The number of aryl methyl sites for hydroxylation is 1. The Hall–Kier alpha value is -0.370. The van der Waals surface area contributed by atoms with E-state index in [1.54, 1.807) is 0 Å². The second kappa shape index (κ2) is 5.38. The molecule has 0 saturated heterocycles. The maximum Gasteiger partial charge on any atom is 0.135 e. The van der Waals surface area contributed by atoms with Crippen molar-refractivity contribution in [2.45, 2.75) is 25.9 Å². The maximum atomic E-state index is 13.1. The van der Waals surface area contributed by atoms with Gasteiger partial charge in [0, 0.05) is 5.33 Å². The van der Waals surface area contributed by atoms with Crippen LogP contribution in [0, 0.1) is 0 Å². The fraction of sp³-hybridized carbons (Fsp3) is 0.455. The highest BCUT2D eigenvalue weighted by Gasteiger charge is 2.06. The van der Waals surface area contributed by atoms with Crippen LogP contribution in [0.5, 0.6) is 0 Å². The molecule has 0 heterocycles. The van der Waals surface area contributed by atoms with E-state index in [1.807, 2.05) is 24.3 Å². The second-order valence-electron chi connectivity index (χ2n) is 3.11. The van der Waals surface area contributed by atoms with E-state index in [4.69, 9.17) is 0 Å². The summed E-state index contributed by atoms with van der Waals surface area (Å²) in [5.74, 6) is 0. The molecule has 1 atom stereocenters. The molecule has 72 valence electrons. The Morgan fingerprint density at radius 2 is 1.92 bits per heavy atom. The van der Waals surface area contributed by atoms with Gasteiger partial charge in [-0.05, 0) is 17.5 Å². The summed E-state index contributed by atoms with van der Waals surface area (Å²) < 4.78 is 13.1. The Kier molecular flexibility index (Phi) is 4.43. The predicted octanol–water partition coefficient (Wildman–Crippen LogP) is 4.04. The third kappa shape index (κ3) is 3.11. The molecule has 0 N–H and O–H groups in total. The molecule has 1 unspecified atom stereocenters. The molecule has 0 aliphatic rings. The predicted molar refractivity (Wildman–Crippen MR) is 58.1 cm³/mol. The van der Waals surface area contributed by atoms with E-state index in [1.165, 1.54) is 5.56 Å². The van der Waals surface area contributed by atoms with E-state index in [0.717, 1.165) is 18.4 Å². The molecule has 0 spiro atoms. The Morgan fingerprint density at radius 3 is 2.38 bits per heavy atom. The first-order valence-electron chi connectivity index (χ1n) is 4.56. The van der Waals surface area contributed by atoms with E-state index < -0.39 is 6.17 Å². The van der Waals surface area contributed by atoms with Crippen LogP contribution in [-0.2, 0) is 6.42 Å². The van der Waals surface area contributed by atoms with Gasteiger partial charge in [-0.15, -0.1) is 0 Å². The van der Waals surface area contributed by atoms with E-state index in [9.17, 15) is 4.39 Å². The minimum Gasteiger partial charge on any atom is -0.241 e. The Balaban J connectivity index is 2.69. The highest BCUT2D eigenvalue weighted by Crippen LogP contribution is 2.20. The third-order valence-electron chi connectivity index (χ3n) is 2.02. The largest absolute Gasteiger partial charge is 0.241 e. The standard InChI is InChI=1S/C11H14BrF/c1-2-3-9-4-6-10(7-5-9)11(13)8-12/h4-7,11H,2-3,8H2,1H3. The fourth-order valence-corrected chi connectivity index (χ4v) is 1.64. The summed E-state index contributed by atoms with van der Waals surface area (Å²) in [5.41, 5.74) is 2.05. The first-order chi connectivity index (χ1) is 6.27. The number of benzene rings is 1. The minimum atomic E-state index is -0.879.